The number of Topliss-reactive ketones (excluding diaryl/α,β-unsaturated/α-hetero) is 1. The molecule has 2 N–H and O–H groups in total. The summed E-state index contributed by atoms with van der Waals surface area (Å²) < 4.78 is 40.1. The fourth-order valence-corrected chi connectivity index (χ4v) is 3.55. The van der Waals surface area contributed by atoms with Crippen LogP contribution in [-0.4, -0.2) is 36.6 Å². The van der Waals surface area contributed by atoms with Gasteiger partial charge in [0.1, 0.15) is 11.3 Å². The van der Waals surface area contributed by atoms with E-state index in [0.29, 0.717) is 0 Å². The van der Waals surface area contributed by atoms with Crippen molar-refractivity contribution < 1.29 is 18.0 Å². The zero-order valence-corrected chi connectivity index (χ0v) is 15.8. The van der Waals surface area contributed by atoms with Gasteiger partial charge < -0.3 is 10.6 Å². The summed E-state index contributed by atoms with van der Waals surface area (Å²) in [4.78, 5) is 11.6. The largest absolute Gasteiger partial charge is 0.406 e. The number of halogens is 3. The molecule has 0 saturated heterocycles. The molecule has 0 bridgehead atoms. The van der Waals surface area contributed by atoms with Crippen LogP contribution in [0.5, 0.6) is 0 Å². The lowest BCUT2D eigenvalue weighted by atomic mass is 9.84. The normalized spacial score (nSPS) is 16.8. The van der Waals surface area contributed by atoms with E-state index in [1.807, 2.05) is 60.7 Å². The standard InChI is InChI=1S/C22H25F3N2O/c1-16(28)14-26-19(15-27-21(12-13-21)22(23,24)25)20(17-8-4-2-5-9-17)18-10-6-3-7-11-18/h2-11,19-20,26-27H,12-15H2,1H3. The van der Waals surface area contributed by atoms with E-state index < -0.39 is 11.7 Å². The molecule has 1 aliphatic carbocycles. The highest BCUT2D eigenvalue weighted by Gasteiger charge is 2.63. The molecular formula is C22H25F3N2O. The van der Waals surface area contributed by atoms with Crippen molar-refractivity contribution in [2.24, 2.45) is 0 Å². The first-order chi connectivity index (χ1) is 13.3. The van der Waals surface area contributed by atoms with Gasteiger partial charge in [0.2, 0.25) is 0 Å². The number of carbonyl (C=O) groups is 1. The number of hydrogen-bond donors (Lipinski definition) is 2. The van der Waals surface area contributed by atoms with Crippen LogP contribution < -0.4 is 10.6 Å². The lowest BCUT2D eigenvalue weighted by Crippen LogP contribution is -2.52. The Morgan fingerprint density at radius 1 is 1.00 bits per heavy atom. The van der Waals surface area contributed by atoms with Crippen molar-refractivity contribution in [3.8, 4) is 0 Å². The number of carbonyl (C=O) groups excluding carboxylic acids is 1. The molecule has 0 radical (unpaired) electrons. The zero-order chi connectivity index (χ0) is 20.2. The average molecular weight is 390 g/mol. The van der Waals surface area contributed by atoms with Gasteiger partial charge in [-0.3, -0.25) is 4.79 Å². The van der Waals surface area contributed by atoms with Crippen LogP contribution in [0.3, 0.4) is 0 Å². The Morgan fingerprint density at radius 2 is 1.50 bits per heavy atom. The topological polar surface area (TPSA) is 41.1 Å². The second-order valence-electron chi connectivity index (χ2n) is 7.45. The van der Waals surface area contributed by atoms with Gasteiger partial charge in [0, 0.05) is 18.5 Å². The van der Waals surface area contributed by atoms with Crippen LogP contribution in [0.25, 0.3) is 0 Å². The summed E-state index contributed by atoms with van der Waals surface area (Å²) in [5, 5.41) is 5.94. The number of rotatable bonds is 9. The molecule has 3 rings (SSSR count). The Kier molecular flexibility index (Phi) is 6.20. The molecule has 0 amide bonds. The van der Waals surface area contributed by atoms with Gasteiger partial charge in [-0.15, -0.1) is 0 Å². The first kappa shape index (κ1) is 20.6. The number of ketones is 1. The second-order valence-corrected chi connectivity index (χ2v) is 7.45. The van der Waals surface area contributed by atoms with Crippen molar-refractivity contribution in [3.63, 3.8) is 0 Å². The third-order valence-corrected chi connectivity index (χ3v) is 5.29. The van der Waals surface area contributed by atoms with Gasteiger partial charge in [-0.1, -0.05) is 60.7 Å². The van der Waals surface area contributed by atoms with E-state index in [1.54, 1.807) is 0 Å². The third-order valence-electron chi connectivity index (χ3n) is 5.29. The van der Waals surface area contributed by atoms with Crippen molar-refractivity contribution in [2.75, 3.05) is 13.1 Å². The Balaban J connectivity index is 1.89. The molecular weight excluding hydrogens is 365 g/mol. The minimum absolute atomic E-state index is 0.0539. The summed E-state index contributed by atoms with van der Waals surface area (Å²) in [6.07, 6.45) is -4.08. The highest BCUT2D eigenvalue weighted by molar-refractivity contribution is 5.77. The van der Waals surface area contributed by atoms with E-state index in [0.717, 1.165) is 11.1 Å². The molecule has 1 unspecified atom stereocenters. The Hall–Kier alpha value is -2.18. The maximum absolute atomic E-state index is 13.4. The van der Waals surface area contributed by atoms with Crippen LogP contribution in [0.2, 0.25) is 0 Å². The van der Waals surface area contributed by atoms with Crippen molar-refractivity contribution >= 4 is 5.78 Å². The number of nitrogens with one attached hydrogen (secondary N) is 2. The highest BCUT2D eigenvalue weighted by atomic mass is 19.4. The molecule has 28 heavy (non-hydrogen) atoms. The van der Waals surface area contributed by atoms with Crippen LogP contribution in [0.15, 0.2) is 60.7 Å². The van der Waals surface area contributed by atoms with Gasteiger partial charge in [-0.05, 0) is 30.9 Å². The number of alkyl halides is 3. The smallest absolute Gasteiger partial charge is 0.305 e. The Morgan fingerprint density at radius 3 is 1.89 bits per heavy atom. The second kappa shape index (κ2) is 8.45. The van der Waals surface area contributed by atoms with E-state index in [-0.39, 0.29) is 43.7 Å². The molecule has 2 aromatic carbocycles. The van der Waals surface area contributed by atoms with Crippen LogP contribution in [-0.2, 0) is 4.79 Å². The molecule has 1 fully saturated rings. The Labute approximate surface area is 163 Å². The molecule has 3 nitrogen and oxygen atoms in total. The van der Waals surface area contributed by atoms with Gasteiger partial charge in [0.15, 0.2) is 0 Å². The summed E-state index contributed by atoms with van der Waals surface area (Å²) in [6.45, 7) is 1.69. The van der Waals surface area contributed by atoms with Crippen molar-refractivity contribution in [3.05, 3.63) is 71.8 Å². The van der Waals surface area contributed by atoms with E-state index in [2.05, 4.69) is 10.6 Å². The van der Waals surface area contributed by atoms with Crippen molar-refractivity contribution in [2.45, 2.75) is 43.4 Å². The SMILES string of the molecule is CC(=O)CNC(CNC1(C(F)(F)F)CC1)C(c1ccccc1)c1ccccc1. The molecule has 0 aliphatic heterocycles. The molecule has 2 aromatic rings. The Bertz CT molecular complexity index is 734. The van der Waals surface area contributed by atoms with Gasteiger partial charge in [0.25, 0.3) is 0 Å². The summed E-state index contributed by atoms with van der Waals surface area (Å²) in [6, 6.07) is 19.0. The fraction of sp³-hybridized carbons (Fsp3) is 0.409. The fourth-order valence-electron chi connectivity index (χ4n) is 3.55. The van der Waals surface area contributed by atoms with Crippen molar-refractivity contribution in [1.29, 1.82) is 0 Å². The van der Waals surface area contributed by atoms with Crippen LogP contribution >= 0.6 is 0 Å². The average Bonchev–Trinajstić information content (AvgIpc) is 3.46. The quantitative estimate of drug-likeness (QED) is 0.679. The molecule has 0 heterocycles. The predicted octanol–water partition coefficient (Wildman–Crippen LogP) is 4.05. The molecule has 1 aliphatic rings. The molecule has 1 saturated carbocycles. The first-order valence-corrected chi connectivity index (χ1v) is 9.47. The number of benzene rings is 2. The van der Waals surface area contributed by atoms with E-state index in [4.69, 9.17) is 0 Å². The van der Waals surface area contributed by atoms with Gasteiger partial charge in [-0.25, -0.2) is 0 Å². The minimum Gasteiger partial charge on any atom is -0.305 e. The van der Waals surface area contributed by atoms with Gasteiger partial charge >= 0.3 is 6.18 Å². The van der Waals surface area contributed by atoms with Gasteiger partial charge in [0.05, 0.1) is 6.54 Å². The molecule has 150 valence electrons. The van der Waals surface area contributed by atoms with Crippen LogP contribution in [0.1, 0.15) is 36.8 Å². The van der Waals surface area contributed by atoms with E-state index in [1.165, 1.54) is 6.92 Å². The lowest BCUT2D eigenvalue weighted by Gasteiger charge is -2.31. The monoisotopic (exact) mass is 390 g/mol. The highest BCUT2D eigenvalue weighted by Crippen LogP contribution is 2.49. The zero-order valence-electron chi connectivity index (χ0n) is 15.8. The lowest BCUT2D eigenvalue weighted by molar-refractivity contribution is -0.166. The predicted molar refractivity (Wildman–Crippen MR) is 103 cm³/mol. The van der Waals surface area contributed by atoms with Crippen molar-refractivity contribution in [1.82, 2.24) is 10.6 Å². The maximum atomic E-state index is 13.4. The maximum Gasteiger partial charge on any atom is 0.406 e. The third kappa shape index (κ3) is 4.80. The molecule has 1 atom stereocenters. The summed E-state index contributed by atoms with van der Waals surface area (Å²) in [5.41, 5.74) is 0.197. The van der Waals surface area contributed by atoms with Gasteiger partial charge in [-0.2, -0.15) is 13.2 Å². The van der Waals surface area contributed by atoms with Crippen LogP contribution in [0, 0.1) is 0 Å². The molecule has 0 spiro atoms. The molecule has 6 heteroatoms. The summed E-state index contributed by atoms with van der Waals surface area (Å²) in [5.74, 6) is -0.236. The van der Waals surface area contributed by atoms with E-state index >= 15 is 0 Å². The molecule has 0 aromatic heterocycles. The summed E-state index contributed by atoms with van der Waals surface area (Å²) in [7, 11) is 0. The summed E-state index contributed by atoms with van der Waals surface area (Å²) >= 11 is 0. The minimum atomic E-state index is -4.27. The first-order valence-electron chi connectivity index (χ1n) is 9.47. The van der Waals surface area contributed by atoms with E-state index in [9.17, 15) is 18.0 Å². The number of hydrogen-bond acceptors (Lipinski definition) is 3. The van der Waals surface area contributed by atoms with Crippen LogP contribution in [0.4, 0.5) is 13.2 Å².